The Morgan fingerprint density at radius 3 is 2.58 bits per heavy atom. The Balaban J connectivity index is 2.20. The van der Waals surface area contributed by atoms with Crippen LogP contribution >= 0.6 is 11.8 Å². The maximum absolute atomic E-state index is 5.44. The maximum atomic E-state index is 5.44. The smallest absolute Gasteiger partial charge is 0.123 e. The minimum Gasteiger partial charge on any atom is -0.496 e. The fourth-order valence-corrected chi connectivity index (χ4v) is 2.90. The van der Waals surface area contributed by atoms with Gasteiger partial charge < -0.3 is 4.74 Å². The summed E-state index contributed by atoms with van der Waals surface area (Å²) in [6.45, 7) is 0. The van der Waals surface area contributed by atoms with Crippen molar-refractivity contribution in [2.75, 3.05) is 7.11 Å². The van der Waals surface area contributed by atoms with Crippen molar-refractivity contribution >= 4 is 11.8 Å². The van der Waals surface area contributed by atoms with Gasteiger partial charge in [0.1, 0.15) is 5.75 Å². The molecule has 0 N–H and O–H groups in total. The summed E-state index contributed by atoms with van der Waals surface area (Å²) in [7, 11) is 1.70. The zero-order chi connectivity index (χ0) is 13.5. The normalized spacial score (nSPS) is 9.89. The summed E-state index contributed by atoms with van der Waals surface area (Å²) in [6, 6.07) is 16.4. The monoisotopic (exact) mass is 268 g/mol. The highest BCUT2D eigenvalue weighted by Gasteiger charge is 2.08. The van der Waals surface area contributed by atoms with E-state index in [1.807, 2.05) is 30.3 Å². The van der Waals surface area contributed by atoms with Gasteiger partial charge in [-0.25, -0.2) is 0 Å². The second-order valence-electron chi connectivity index (χ2n) is 4.08. The van der Waals surface area contributed by atoms with Gasteiger partial charge in [-0.2, -0.15) is 0 Å². The molecule has 0 bridgehead atoms. The predicted molar refractivity (Wildman–Crippen MR) is 81.5 cm³/mol. The summed E-state index contributed by atoms with van der Waals surface area (Å²) in [5, 5.41) is 0. The van der Waals surface area contributed by atoms with Crippen LogP contribution in [-0.2, 0) is 12.2 Å². The molecular weight excluding hydrogens is 252 g/mol. The third-order valence-electron chi connectivity index (χ3n) is 2.87. The lowest BCUT2D eigenvalue weighted by Crippen LogP contribution is -1.96. The van der Waals surface area contributed by atoms with E-state index in [0.29, 0.717) is 6.42 Å². The Bertz CT molecular complexity index is 570. The zero-order valence-electron chi connectivity index (χ0n) is 10.9. The molecule has 1 nitrogen and oxygen atoms in total. The molecule has 0 atom stereocenters. The van der Waals surface area contributed by atoms with E-state index in [0.717, 1.165) is 11.5 Å². The summed E-state index contributed by atoms with van der Waals surface area (Å²) in [4.78, 5) is 1.25. The van der Waals surface area contributed by atoms with E-state index in [9.17, 15) is 0 Å². The van der Waals surface area contributed by atoms with E-state index in [1.165, 1.54) is 16.0 Å². The molecule has 2 heteroatoms. The van der Waals surface area contributed by atoms with Gasteiger partial charge in [0.25, 0.3) is 0 Å². The lowest BCUT2D eigenvalue weighted by molar-refractivity contribution is 0.411. The molecule has 0 aromatic heterocycles. The third-order valence-corrected chi connectivity index (χ3v) is 3.91. The molecule has 96 valence electrons. The second kappa shape index (κ2) is 6.92. The number of thioether (sulfide) groups is 1. The van der Waals surface area contributed by atoms with Crippen LogP contribution < -0.4 is 4.74 Å². The van der Waals surface area contributed by atoms with Gasteiger partial charge in [-0.3, -0.25) is 0 Å². The van der Waals surface area contributed by atoms with Crippen molar-refractivity contribution in [1.82, 2.24) is 0 Å². The quantitative estimate of drug-likeness (QED) is 0.595. The van der Waals surface area contributed by atoms with Crippen molar-refractivity contribution < 1.29 is 4.74 Å². The summed E-state index contributed by atoms with van der Waals surface area (Å²) in [5.41, 5.74) is 2.36. The lowest BCUT2D eigenvalue weighted by Gasteiger charge is -2.12. The first-order chi connectivity index (χ1) is 9.35. The second-order valence-corrected chi connectivity index (χ2v) is 5.13. The molecule has 0 saturated carbocycles. The number of methoxy groups -OCH3 is 1. The van der Waals surface area contributed by atoms with Crippen LogP contribution in [0.3, 0.4) is 0 Å². The van der Waals surface area contributed by atoms with Gasteiger partial charge in [-0.1, -0.05) is 30.3 Å². The van der Waals surface area contributed by atoms with Crippen LogP contribution in [0.2, 0.25) is 0 Å². The van der Waals surface area contributed by atoms with Crippen LogP contribution in [0.1, 0.15) is 11.1 Å². The first-order valence-corrected chi connectivity index (χ1v) is 7.09. The van der Waals surface area contributed by atoms with Gasteiger partial charge >= 0.3 is 0 Å². The van der Waals surface area contributed by atoms with E-state index in [4.69, 9.17) is 11.2 Å². The molecule has 0 aliphatic heterocycles. The molecule has 0 heterocycles. The highest BCUT2D eigenvalue weighted by Crippen LogP contribution is 2.30. The van der Waals surface area contributed by atoms with Crippen molar-refractivity contribution in [2.24, 2.45) is 0 Å². The van der Waals surface area contributed by atoms with Gasteiger partial charge in [-0.15, -0.1) is 24.1 Å². The fraction of sp³-hybridized carbons (Fsp3) is 0.176. The fourth-order valence-electron chi connectivity index (χ4n) is 1.91. The molecule has 0 aliphatic carbocycles. The SMILES string of the molecule is C#CCc1cccc(OC)c1CSc1ccccc1. The van der Waals surface area contributed by atoms with Gasteiger partial charge in [-0.05, 0) is 23.8 Å². The Kier molecular flexibility index (Phi) is 4.94. The van der Waals surface area contributed by atoms with Crippen LogP contribution in [0.15, 0.2) is 53.4 Å². The van der Waals surface area contributed by atoms with Crippen molar-refractivity contribution in [2.45, 2.75) is 17.1 Å². The molecule has 2 rings (SSSR count). The molecule has 2 aromatic carbocycles. The van der Waals surface area contributed by atoms with Crippen molar-refractivity contribution in [1.29, 1.82) is 0 Å². The van der Waals surface area contributed by atoms with Crippen molar-refractivity contribution in [3.05, 3.63) is 59.7 Å². The van der Waals surface area contributed by atoms with E-state index >= 15 is 0 Å². The predicted octanol–water partition coefficient (Wildman–Crippen LogP) is 4.16. The van der Waals surface area contributed by atoms with E-state index in [1.54, 1.807) is 18.9 Å². The topological polar surface area (TPSA) is 9.23 Å². The highest BCUT2D eigenvalue weighted by molar-refractivity contribution is 7.98. The van der Waals surface area contributed by atoms with Crippen LogP contribution in [0.25, 0.3) is 0 Å². The Morgan fingerprint density at radius 2 is 1.89 bits per heavy atom. The molecule has 0 amide bonds. The number of terminal acetylenes is 1. The van der Waals surface area contributed by atoms with Gasteiger partial charge in [0.15, 0.2) is 0 Å². The molecule has 2 aromatic rings. The van der Waals surface area contributed by atoms with Crippen molar-refractivity contribution in [3.8, 4) is 18.1 Å². The van der Waals surface area contributed by atoms with Crippen LogP contribution in [-0.4, -0.2) is 7.11 Å². The number of ether oxygens (including phenoxy) is 1. The minimum atomic E-state index is 0.641. The first kappa shape index (κ1) is 13.6. The van der Waals surface area contributed by atoms with Crippen molar-refractivity contribution in [3.63, 3.8) is 0 Å². The van der Waals surface area contributed by atoms with Crippen LogP contribution in [0.4, 0.5) is 0 Å². The molecule has 0 spiro atoms. The lowest BCUT2D eigenvalue weighted by atomic mass is 10.1. The number of benzene rings is 2. The van der Waals surface area contributed by atoms with E-state index < -0.39 is 0 Å². The molecule has 19 heavy (non-hydrogen) atoms. The molecular formula is C17H16OS. The van der Waals surface area contributed by atoms with Gasteiger partial charge in [0.05, 0.1) is 7.11 Å². The average molecular weight is 268 g/mol. The molecule has 0 unspecified atom stereocenters. The molecule has 0 radical (unpaired) electrons. The van der Waals surface area contributed by atoms with E-state index in [-0.39, 0.29) is 0 Å². The summed E-state index contributed by atoms with van der Waals surface area (Å²) in [5.74, 6) is 4.49. The molecule has 0 saturated heterocycles. The zero-order valence-corrected chi connectivity index (χ0v) is 11.7. The molecule has 0 aliphatic rings. The summed E-state index contributed by atoms with van der Waals surface area (Å²) < 4.78 is 5.44. The standard InChI is InChI=1S/C17H16OS/c1-3-8-14-9-7-12-17(18-2)16(14)13-19-15-10-5-4-6-11-15/h1,4-7,9-12H,8,13H2,2H3. The maximum Gasteiger partial charge on any atom is 0.123 e. The summed E-state index contributed by atoms with van der Waals surface area (Å²) >= 11 is 1.79. The van der Waals surface area contributed by atoms with Gasteiger partial charge in [0, 0.05) is 22.6 Å². The Morgan fingerprint density at radius 1 is 1.11 bits per heavy atom. The molecule has 0 fully saturated rings. The Hall–Kier alpha value is -1.85. The van der Waals surface area contributed by atoms with Gasteiger partial charge in [0.2, 0.25) is 0 Å². The minimum absolute atomic E-state index is 0.641. The number of rotatable bonds is 5. The Labute approximate surface area is 119 Å². The first-order valence-electron chi connectivity index (χ1n) is 6.11. The third kappa shape index (κ3) is 3.56. The average Bonchev–Trinajstić information content (AvgIpc) is 2.47. The highest BCUT2D eigenvalue weighted by atomic mass is 32.2. The number of hydrogen-bond donors (Lipinski definition) is 0. The van der Waals surface area contributed by atoms with E-state index in [2.05, 4.69) is 24.1 Å². The summed E-state index contributed by atoms with van der Waals surface area (Å²) in [6.07, 6.45) is 6.07. The van der Waals surface area contributed by atoms with Crippen LogP contribution in [0.5, 0.6) is 5.75 Å². The number of hydrogen-bond acceptors (Lipinski definition) is 2. The largest absolute Gasteiger partial charge is 0.496 e. The van der Waals surface area contributed by atoms with Crippen LogP contribution in [0, 0.1) is 12.3 Å².